The van der Waals surface area contributed by atoms with Crippen molar-refractivity contribution in [1.29, 1.82) is 0 Å². The molecule has 0 aromatic heterocycles. The molecule has 0 radical (unpaired) electrons. The normalized spacial score (nSPS) is 16.8. The number of benzene rings is 2. The molecule has 3 rings (SSSR count). The third-order valence-electron chi connectivity index (χ3n) is 4.18. The van der Waals surface area contributed by atoms with Crippen molar-refractivity contribution in [2.24, 2.45) is 0 Å². The lowest BCUT2D eigenvalue weighted by atomic mass is 9.98. The molecule has 3 heteroatoms. The molecular weight excluding hydrogens is 260 g/mol. The summed E-state index contributed by atoms with van der Waals surface area (Å²) in [5, 5.41) is 3.55. The van der Waals surface area contributed by atoms with Crippen LogP contribution >= 0.6 is 0 Å². The van der Waals surface area contributed by atoms with E-state index in [1.54, 1.807) is 7.11 Å². The molecule has 0 aliphatic carbocycles. The van der Waals surface area contributed by atoms with Crippen molar-refractivity contribution in [1.82, 2.24) is 0 Å². The topological polar surface area (TPSA) is 24.5 Å². The molecule has 0 bridgehead atoms. The first kappa shape index (κ1) is 13.8. The van der Waals surface area contributed by atoms with Crippen LogP contribution in [0.2, 0.25) is 0 Å². The van der Waals surface area contributed by atoms with Gasteiger partial charge in [0.2, 0.25) is 0 Å². The van der Waals surface area contributed by atoms with Crippen LogP contribution in [0.1, 0.15) is 18.9 Å². The summed E-state index contributed by atoms with van der Waals surface area (Å²) in [4.78, 5) is 2.21. The Balaban J connectivity index is 1.85. The molecule has 0 spiro atoms. The van der Waals surface area contributed by atoms with Crippen molar-refractivity contribution >= 4 is 17.1 Å². The minimum absolute atomic E-state index is 0.572. The number of rotatable bonds is 3. The number of hydrogen-bond acceptors (Lipinski definition) is 3. The summed E-state index contributed by atoms with van der Waals surface area (Å²) in [6.45, 7) is 2.24. The SMILES string of the molecule is COc1ccc(N(C)c2ccc3c(c2)CCC(C)N3)cc1. The second-order valence-corrected chi connectivity index (χ2v) is 5.68. The van der Waals surface area contributed by atoms with E-state index < -0.39 is 0 Å². The van der Waals surface area contributed by atoms with Crippen molar-refractivity contribution in [3.63, 3.8) is 0 Å². The highest BCUT2D eigenvalue weighted by Gasteiger charge is 2.15. The van der Waals surface area contributed by atoms with E-state index in [9.17, 15) is 0 Å². The lowest BCUT2D eigenvalue weighted by Gasteiger charge is -2.27. The Labute approximate surface area is 126 Å². The molecule has 1 atom stereocenters. The molecule has 1 heterocycles. The van der Waals surface area contributed by atoms with Crippen LogP contribution in [0.5, 0.6) is 5.75 Å². The first-order valence-electron chi connectivity index (χ1n) is 7.44. The summed E-state index contributed by atoms with van der Waals surface area (Å²) in [5.74, 6) is 0.885. The number of ether oxygens (including phenoxy) is 1. The zero-order valence-electron chi connectivity index (χ0n) is 12.9. The van der Waals surface area contributed by atoms with Gasteiger partial charge >= 0.3 is 0 Å². The van der Waals surface area contributed by atoms with Gasteiger partial charge in [0.05, 0.1) is 7.11 Å². The minimum Gasteiger partial charge on any atom is -0.497 e. The van der Waals surface area contributed by atoms with E-state index in [1.807, 2.05) is 12.1 Å². The second kappa shape index (κ2) is 5.68. The summed E-state index contributed by atoms with van der Waals surface area (Å²) in [7, 11) is 3.79. The van der Waals surface area contributed by atoms with Crippen LogP contribution in [-0.4, -0.2) is 20.2 Å². The van der Waals surface area contributed by atoms with E-state index in [1.165, 1.54) is 23.4 Å². The third kappa shape index (κ3) is 2.82. The summed E-state index contributed by atoms with van der Waals surface area (Å²) in [5.41, 5.74) is 5.06. The molecule has 2 aromatic rings. The molecule has 0 fully saturated rings. The Morgan fingerprint density at radius 3 is 2.52 bits per heavy atom. The molecule has 110 valence electrons. The molecular formula is C18H22N2O. The fourth-order valence-corrected chi connectivity index (χ4v) is 2.80. The van der Waals surface area contributed by atoms with Gasteiger partial charge in [0, 0.05) is 30.2 Å². The average Bonchev–Trinajstić information content (AvgIpc) is 2.53. The van der Waals surface area contributed by atoms with Crippen LogP contribution in [-0.2, 0) is 6.42 Å². The minimum atomic E-state index is 0.572. The van der Waals surface area contributed by atoms with E-state index in [4.69, 9.17) is 4.74 Å². The maximum absolute atomic E-state index is 5.21. The quantitative estimate of drug-likeness (QED) is 0.912. The Morgan fingerprint density at radius 1 is 1.10 bits per heavy atom. The van der Waals surface area contributed by atoms with Crippen molar-refractivity contribution in [2.75, 3.05) is 24.4 Å². The average molecular weight is 282 g/mol. The van der Waals surface area contributed by atoms with Gasteiger partial charge < -0.3 is 15.0 Å². The van der Waals surface area contributed by atoms with Crippen LogP contribution in [0.3, 0.4) is 0 Å². The first-order valence-corrected chi connectivity index (χ1v) is 7.44. The van der Waals surface area contributed by atoms with Gasteiger partial charge in [0.1, 0.15) is 5.75 Å². The largest absolute Gasteiger partial charge is 0.497 e. The maximum atomic E-state index is 5.21. The highest BCUT2D eigenvalue weighted by molar-refractivity contribution is 5.68. The van der Waals surface area contributed by atoms with Gasteiger partial charge in [-0.25, -0.2) is 0 Å². The van der Waals surface area contributed by atoms with Crippen LogP contribution in [0.15, 0.2) is 42.5 Å². The molecule has 3 nitrogen and oxygen atoms in total. The number of nitrogens with one attached hydrogen (secondary N) is 1. The van der Waals surface area contributed by atoms with E-state index in [2.05, 4.69) is 54.5 Å². The van der Waals surface area contributed by atoms with Gasteiger partial charge in [-0.3, -0.25) is 0 Å². The number of nitrogens with zero attached hydrogens (tertiary/aromatic N) is 1. The smallest absolute Gasteiger partial charge is 0.119 e. The lowest BCUT2D eigenvalue weighted by molar-refractivity contribution is 0.415. The number of methoxy groups -OCH3 is 1. The lowest BCUT2D eigenvalue weighted by Crippen LogP contribution is -2.22. The zero-order chi connectivity index (χ0) is 14.8. The molecule has 0 amide bonds. The highest BCUT2D eigenvalue weighted by atomic mass is 16.5. The molecule has 0 saturated carbocycles. The predicted molar refractivity (Wildman–Crippen MR) is 88.9 cm³/mol. The van der Waals surface area contributed by atoms with Crippen LogP contribution < -0.4 is 15.0 Å². The number of hydrogen-bond donors (Lipinski definition) is 1. The summed E-state index contributed by atoms with van der Waals surface area (Å²) in [6, 6.07) is 15.4. The van der Waals surface area contributed by atoms with E-state index >= 15 is 0 Å². The van der Waals surface area contributed by atoms with Gasteiger partial charge in [-0.1, -0.05) is 0 Å². The Kier molecular flexibility index (Phi) is 3.74. The Hall–Kier alpha value is -2.16. The zero-order valence-corrected chi connectivity index (χ0v) is 12.9. The fourth-order valence-electron chi connectivity index (χ4n) is 2.80. The fraction of sp³-hybridized carbons (Fsp3) is 0.333. The number of anilines is 3. The molecule has 21 heavy (non-hydrogen) atoms. The Bertz CT molecular complexity index is 622. The molecule has 1 unspecified atom stereocenters. The monoisotopic (exact) mass is 282 g/mol. The summed E-state index contributed by atoms with van der Waals surface area (Å²) in [6.07, 6.45) is 2.34. The summed E-state index contributed by atoms with van der Waals surface area (Å²) >= 11 is 0. The van der Waals surface area contributed by atoms with E-state index in [0.29, 0.717) is 6.04 Å². The molecule has 1 N–H and O–H groups in total. The molecule has 0 saturated heterocycles. The van der Waals surface area contributed by atoms with Crippen molar-refractivity contribution in [3.05, 3.63) is 48.0 Å². The standard InChI is InChI=1S/C18H22N2O/c1-13-4-5-14-12-16(8-11-18(14)19-13)20(2)15-6-9-17(21-3)10-7-15/h6-13,19H,4-5H2,1-3H3. The van der Waals surface area contributed by atoms with Crippen molar-refractivity contribution in [3.8, 4) is 5.75 Å². The van der Waals surface area contributed by atoms with Crippen molar-refractivity contribution < 1.29 is 4.74 Å². The van der Waals surface area contributed by atoms with Gasteiger partial charge in [-0.15, -0.1) is 0 Å². The van der Waals surface area contributed by atoms with Gasteiger partial charge in [-0.2, -0.15) is 0 Å². The maximum Gasteiger partial charge on any atom is 0.119 e. The van der Waals surface area contributed by atoms with Crippen LogP contribution in [0.4, 0.5) is 17.1 Å². The predicted octanol–water partition coefficient (Wildman–Crippen LogP) is 4.21. The van der Waals surface area contributed by atoms with Gasteiger partial charge in [0.15, 0.2) is 0 Å². The molecule has 1 aliphatic heterocycles. The van der Waals surface area contributed by atoms with Gasteiger partial charge in [0.25, 0.3) is 0 Å². The first-order chi connectivity index (χ1) is 10.2. The Morgan fingerprint density at radius 2 is 1.81 bits per heavy atom. The van der Waals surface area contributed by atoms with Crippen LogP contribution in [0.25, 0.3) is 0 Å². The molecule has 2 aromatic carbocycles. The second-order valence-electron chi connectivity index (χ2n) is 5.68. The van der Waals surface area contributed by atoms with E-state index in [-0.39, 0.29) is 0 Å². The summed E-state index contributed by atoms with van der Waals surface area (Å²) < 4.78 is 5.21. The highest BCUT2D eigenvalue weighted by Crippen LogP contribution is 2.32. The van der Waals surface area contributed by atoms with E-state index in [0.717, 1.165) is 17.9 Å². The van der Waals surface area contributed by atoms with Crippen LogP contribution in [0, 0.1) is 0 Å². The van der Waals surface area contributed by atoms with Gasteiger partial charge in [-0.05, 0) is 67.8 Å². The number of aryl methyl sites for hydroxylation is 1. The number of fused-ring (bicyclic) bond motifs is 1. The third-order valence-corrected chi connectivity index (χ3v) is 4.18. The van der Waals surface area contributed by atoms with Crippen molar-refractivity contribution in [2.45, 2.75) is 25.8 Å². The molecule has 1 aliphatic rings.